The molecule has 0 saturated carbocycles. The average molecular weight is 357 g/mol. The molecule has 3 amide bonds. The normalized spacial score (nSPS) is 23.4. The zero-order valence-corrected chi connectivity index (χ0v) is 15.6. The second-order valence-corrected chi connectivity index (χ2v) is 7.60. The van der Waals surface area contributed by atoms with E-state index in [0.29, 0.717) is 18.7 Å². The van der Waals surface area contributed by atoms with Gasteiger partial charge in [-0.15, -0.1) is 0 Å². The fraction of sp³-hybridized carbons (Fsp3) is 0.550. The maximum absolute atomic E-state index is 13.2. The number of carbonyl (C=O) groups excluding carboxylic acids is 3. The maximum Gasteiger partial charge on any atom is 0.252 e. The van der Waals surface area contributed by atoms with Crippen LogP contribution in [0.1, 0.15) is 42.6 Å². The molecule has 0 aliphatic carbocycles. The number of likely N-dealkylation sites (tertiary alicyclic amines) is 1. The van der Waals surface area contributed by atoms with Crippen LogP contribution in [0.2, 0.25) is 0 Å². The molecule has 0 radical (unpaired) electrons. The lowest BCUT2D eigenvalue weighted by molar-refractivity contribution is -0.139. The monoisotopic (exact) mass is 357 g/mol. The summed E-state index contributed by atoms with van der Waals surface area (Å²) in [6.45, 7) is 6.89. The van der Waals surface area contributed by atoms with E-state index in [2.05, 4.69) is 10.6 Å². The molecule has 0 bridgehead atoms. The fourth-order valence-corrected chi connectivity index (χ4v) is 3.96. The largest absolute Gasteiger partial charge is 0.354 e. The maximum atomic E-state index is 13.2. The summed E-state index contributed by atoms with van der Waals surface area (Å²) in [5, 5.41) is 5.79. The van der Waals surface area contributed by atoms with Crippen LogP contribution in [0.15, 0.2) is 24.3 Å². The van der Waals surface area contributed by atoms with Gasteiger partial charge in [-0.1, -0.05) is 32.0 Å². The molecule has 2 aliphatic rings. The molecule has 2 fully saturated rings. The van der Waals surface area contributed by atoms with Crippen molar-refractivity contribution in [2.45, 2.75) is 45.7 Å². The molecule has 2 aliphatic heterocycles. The van der Waals surface area contributed by atoms with Crippen LogP contribution in [-0.4, -0.2) is 47.8 Å². The quantitative estimate of drug-likeness (QED) is 0.857. The molecule has 2 heterocycles. The van der Waals surface area contributed by atoms with E-state index in [9.17, 15) is 14.4 Å². The lowest BCUT2D eigenvalue weighted by Crippen LogP contribution is -2.57. The van der Waals surface area contributed by atoms with Crippen molar-refractivity contribution in [3.8, 4) is 0 Å². The first-order valence-electron chi connectivity index (χ1n) is 9.35. The Kier molecular flexibility index (Phi) is 5.30. The predicted molar refractivity (Wildman–Crippen MR) is 98.5 cm³/mol. The predicted octanol–water partition coefficient (Wildman–Crippen LogP) is 1.49. The van der Waals surface area contributed by atoms with Gasteiger partial charge in [0, 0.05) is 18.7 Å². The number of hydrogen-bond donors (Lipinski definition) is 2. The Labute approximate surface area is 154 Å². The lowest BCUT2D eigenvalue weighted by Gasteiger charge is -2.39. The van der Waals surface area contributed by atoms with E-state index in [1.54, 1.807) is 11.0 Å². The number of aryl methyl sites for hydroxylation is 1. The van der Waals surface area contributed by atoms with Crippen LogP contribution in [0.3, 0.4) is 0 Å². The average Bonchev–Trinajstić information content (AvgIpc) is 3.00. The second-order valence-electron chi connectivity index (χ2n) is 7.60. The van der Waals surface area contributed by atoms with Gasteiger partial charge in [0.05, 0.1) is 12.0 Å². The number of nitrogens with one attached hydrogen (secondary N) is 2. The lowest BCUT2D eigenvalue weighted by atomic mass is 9.90. The highest BCUT2D eigenvalue weighted by atomic mass is 16.2. The van der Waals surface area contributed by atoms with Gasteiger partial charge in [0.2, 0.25) is 11.8 Å². The van der Waals surface area contributed by atoms with Gasteiger partial charge in [-0.25, -0.2) is 0 Å². The minimum atomic E-state index is -0.600. The summed E-state index contributed by atoms with van der Waals surface area (Å²) in [7, 11) is 0. The molecule has 140 valence electrons. The summed E-state index contributed by atoms with van der Waals surface area (Å²) >= 11 is 0. The Morgan fingerprint density at radius 2 is 2.00 bits per heavy atom. The van der Waals surface area contributed by atoms with Gasteiger partial charge in [-0.3, -0.25) is 14.4 Å². The minimum absolute atomic E-state index is 0.0394. The van der Waals surface area contributed by atoms with Gasteiger partial charge in [-0.2, -0.15) is 0 Å². The number of piperidine rings is 1. The smallest absolute Gasteiger partial charge is 0.252 e. The SMILES string of the molecule is Cc1ccccc1C(=O)N[C@@H](C(=O)N1CCC[C@H]2C(=O)NC[C@H]21)C(C)C. The molecular weight excluding hydrogens is 330 g/mol. The molecule has 6 nitrogen and oxygen atoms in total. The van der Waals surface area contributed by atoms with Crippen molar-refractivity contribution >= 4 is 17.7 Å². The molecule has 2 saturated heterocycles. The second kappa shape index (κ2) is 7.48. The summed E-state index contributed by atoms with van der Waals surface area (Å²) in [6, 6.07) is 6.65. The fourth-order valence-electron chi connectivity index (χ4n) is 3.96. The topological polar surface area (TPSA) is 78.5 Å². The van der Waals surface area contributed by atoms with Crippen LogP contribution in [-0.2, 0) is 9.59 Å². The van der Waals surface area contributed by atoms with Crippen LogP contribution in [0.25, 0.3) is 0 Å². The zero-order chi connectivity index (χ0) is 18.8. The van der Waals surface area contributed by atoms with E-state index in [1.165, 1.54) is 0 Å². The Morgan fingerprint density at radius 3 is 2.69 bits per heavy atom. The van der Waals surface area contributed by atoms with Gasteiger partial charge < -0.3 is 15.5 Å². The molecule has 0 aromatic heterocycles. The summed E-state index contributed by atoms with van der Waals surface area (Å²) < 4.78 is 0. The standard InChI is InChI=1S/C20H27N3O3/c1-12(2)17(22-19(25)14-8-5-4-7-13(14)3)20(26)23-10-6-9-15-16(23)11-21-18(15)24/h4-5,7-8,12,15-17H,6,9-11H2,1-3H3,(H,21,24)(H,22,25)/t15-,16-,17-/m1/s1. The Morgan fingerprint density at radius 1 is 1.27 bits per heavy atom. The summed E-state index contributed by atoms with van der Waals surface area (Å²) in [6.07, 6.45) is 1.64. The molecular formula is C20H27N3O3. The van der Waals surface area contributed by atoms with Crippen molar-refractivity contribution in [2.75, 3.05) is 13.1 Å². The molecule has 0 unspecified atom stereocenters. The third-order valence-electron chi connectivity index (χ3n) is 5.49. The van der Waals surface area contributed by atoms with Crippen LogP contribution in [0.4, 0.5) is 0 Å². The molecule has 2 N–H and O–H groups in total. The van der Waals surface area contributed by atoms with Gasteiger partial charge in [-0.05, 0) is 37.3 Å². The Bertz CT molecular complexity index is 716. The molecule has 6 heteroatoms. The molecule has 1 aromatic carbocycles. The summed E-state index contributed by atoms with van der Waals surface area (Å²) in [5.74, 6) is -0.441. The highest BCUT2D eigenvalue weighted by molar-refractivity contribution is 5.99. The van der Waals surface area contributed by atoms with Gasteiger partial charge >= 0.3 is 0 Å². The first-order chi connectivity index (χ1) is 12.4. The van der Waals surface area contributed by atoms with E-state index in [0.717, 1.165) is 18.4 Å². The third kappa shape index (κ3) is 3.45. The van der Waals surface area contributed by atoms with E-state index < -0.39 is 6.04 Å². The Hall–Kier alpha value is -2.37. The molecule has 1 aromatic rings. The van der Waals surface area contributed by atoms with Crippen LogP contribution < -0.4 is 10.6 Å². The third-order valence-corrected chi connectivity index (χ3v) is 5.49. The number of carbonyl (C=O) groups is 3. The van der Waals surface area contributed by atoms with Crippen molar-refractivity contribution in [3.05, 3.63) is 35.4 Å². The van der Waals surface area contributed by atoms with Crippen molar-refractivity contribution in [1.29, 1.82) is 0 Å². The molecule has 3 atom stereocenters. The van der Waals surface area contributed by atoms with Gasteiger partial charge in [0.25, 0.3) is 5.91 Å². The number of nitrogens with zero attached hydrogens (tertiary/aromatic N) is 1. The van der Waals surface area contributed by atoms with Crippen LogP contribution in [0, 0.1) is 18.8 Å². The van der Waals surface area contributed by atoms with E-state index >= 15 is 0 Å². The number of benzene rings is 1. The van der Waals surface area contributed by atoms with E-state index in [4.69, 9.17) is 0 Å². The van der Waals surface area contributed by atoms with Crippen LogP contribution >= 0.6 is 0 Å². The summed E-state index contributed by atoms with van der Waals surface area (Å²) in [5.41, 5.74) is 1.46. The molecule has 26 heavy (non-hydrogen) atoms. The minimum Gasteiger partial charge on any atom is -0.354 e. The van der Waals surface area contributed by atoms with E-state index in [-0.39, 0.29) is 35.6 Å². The highest BCUT2D eigenvalue weighted by Gasteiger charge is 2.44. The van der Waals surface area contributed by atoms with Gasteiger partial charge in [0.15, 0.2) is 0 Å². The molecule has 0 spiro atoms. The first kappa shape index (κ1) is 18.4. The Balaban J connectivity index is 1.77. The highest BCUT2D eigenvalue weighted by Crippen LogP contribution is 2.28. The van der Waals surface area contributed by atoms with E-state index in [1.807, 2.05) is 39.0 Å². The van der Waals surface area contributed by atoms with Crippen molar-refractivity contribution < 1.29 is 14.4 Å². The number of hydrogen-bond acceptors (Lipinski definition) is 3. The summed E-state index contributed by atoms with van der Waals surface area (Å²) in [4.78, 5) is 39.7. The first-order valence-corrected chi connectivity index (χ1v) is 9.35. The van der Waals surface area contributed by atoms with Crippen molar-refractivity contribution in [2.24, 2.45) is 11.8 Å². The number of rotatable bonds is 4. The van der Waals surface area contributed by atoms with Crippen molar-refractivity contribution in [3.63, 3.8) is 0 Å². The van der Waals surface area contributed by atoms with Gasteiger partial charge in [0.1, 0.15) is 6.04 Å². The number of amides is 3. The zero-order valence-electron chi connectivity index (χ0n) is 15.6. The number of fused-ring (bicyclic) bond motifs is 1. The van der Waals surface area contributed by atoms with Crippen molar-refractivity contribution in [1.82, 2.24) is 15.5 Å². The molecule has 3 rings (SSSR count). The van der Waals surface area contributed by atoms with Crippen LogP contribution in [0.5, 0.6) is 0 Å².